The molecular formula is C17H19N5O2S. The van der Waals surface area contributed by atoms with Crippen molar-refractivity contribution in [2.24, 2.45) is 5.73 Å². The third-order valence-electron chi connectivity index (χ3n) is 3.55. The Morgan fingerprint density at radius 1 is 1.32 bits per heavy atom. The Labute approximate surface area is 149 Å². The molecule has 7 nitrogen and oxygen atoms in total. The number of nitrogens with two attached hydrogens (primary N) is 1. The lowest BCUT2D eigenvalue weighted by molar-refractivity contribution is 0.0928. The summed E-state index contributed by atoms with van der Waals surface area (Å²) in [6.45, 7) is 2.31. The lowest BCUT2D eigenvalue weighted by atomic mass is 10.1. The fourth-order valence-electron chi connectivity index (χ4n) is 2.28. The molecule has 0 bridgehead atoms. The molecule has 0 aliphatic carbocycles. The highest BCUT2D eigenvalue weighted by Gasteiger charge is 2.19. The SMILES string of the molecule is CC(NC(=O)c1csc(CCN)n1)c1nc(Cc2ccccc2)no1. The van der Waals surface area contributed by atoms with Crippen molar-refractivity contribution in [3.63, 3.8) is 0 Å². The lowest BCUT2D eigenvalue weighted by Gasteiger charge is -2.07. The van der Waals surface area contributed by atoms with E-state index in [1.165, 1.54) is 11.3 Å². The van der Waals surface area contributed by atoms with Crippen LogP contribution in [0.15, 0.2) is 40.2 Å². The fourth-order valence-corrected chi connectivity index (χ4v) is 3.07. The van der Waals surface area contributed by atoms with Crippen LogP contribution in [0.2, 0.25) is 0 Å². The Morgan fingerprint density at radius 2 is 2.12 bits per heavy atom. The van der Waals surface area contributed by atoms with Crippen molar-refractivity contribution in [3.8, 4) is 0 Å². The van der Waals surface area contributed by atoms with Gasteiger partial charge in [0.25, 0.3) is 5.91 Å². The monoisotopic (exact) mass is 357 g/mol. The van der Waals surface area contributed by atoms with Gasteiger partial charge in [0, 0.05) is 18.2 Å². The second-order valence-electron chi connectivity index (χ2n) is 5.57. The largest absolute Gasteiger partial charge is 0.339 e. The summed E-state index contributed by atoms with van der Waals surface area (Å²) in [4.78, 5) is 20.9. The minimum absolute atomic E-state index is 0.269. The molecule has 3 aromatic rings. The van der Waals surface area contributed by atoms with Crippen molar-refractivity contribution in [1.82, 2.24) is 20.4 Å². The number of rotatable bonds is 7. The van der Waals surface area contributed by atoms with Gasteiger partial charge in [-0.15, -0.1) is 11.3 Å². The Hall–Kier alpha value is -2.58. The smallest absolute Gasteiger partial charge is 0.271 e. The molecule has 8 heteroatoms. The molecular weight excluding hydrogens is 338 g/mol. The van der Waals surface area contributed by atoms with Crippen LogP contribution < -0.4 is 11.1 Å². The molecule has 3 N–H and O–H groups in total. The summed E-state index contributed by atoms with van der Waals surface area (Å²) >= 11 is 1.43. The normalized spacial score (nSPS) is 12.1. The van der Waals surface area contributed by atoms with E-state index in [0.29, 0.717) is 36.8 Å². The van der Waals surface area contributed by atoms with Crippen LogP contribution in [0.1, 0.15) is 45.7 Å². The molecule has 130 valence electrons. The van der Waals surface area contributed by atoms with Crippen LogP contribution >= 0.6 is 11.3 Å². The Balaban J connectivity index is 1.61. The van der Waals surface area contributed by atoms with Crippen molar-refractivity contribution in [2.75, 3.05) is 6.54 Å². The van der Waals surface area contributed by atoms with Gasteiger partial charge in [0.2, 0.25) is 5.89 Å². The van der Waals surface area contributed by atoms with Crippen LogP contribution in [-0.2, 0) is 12.8 Å². The summed E-state index contributed by atoms with van der Waals surface area (Å²) in [5, 5.41) is 9.37. The number of nitrogens with zero attached hydrogens (tertiary/aromatic N) is 3. The van der Waals surface area contributed by atoms with E-state index in [0.717, 1.165) is 10.6 Å². The van der Waals surface area contributed by atoms with Crippen LogP contribution in [0.4, 0.5) is 0 Å². The average molecular weight is 357 g/mol. The summed E-state index contributed by atoms with van der Waals surface area (Å²) in [5.41, 5.74) is 6.98. The summed E-state index contributed by atoms with van der Waals surface area (Å²) in [5.74, 6) is 0.688. The molecule has 1 atom stereocenters. The Morgan fingerprint density at radius 3 is 2.88 bits per heavy atom. The molecule has 0 saturated heterocycles. The molecule has 0 spiro atoms. The van der Waals surface area contributed by atoms with Gasteiger partial charge in [0.1, 0.15) is 11.7 Å². The van der Waals surface area contributed by atoms with Gasteiger partial charge in [-0.05, 0) is 19.0 Å². The Kier molecular flexibility index (Phi) is 5.52. The number of aromatic nitrogens is 3. The Bertz CT molecular complexity index is 830. The van der Waals surface area contributed by atoms with Gasteiger partial charge in [-0.25, -0.2) is 4.98 Å². The second-order valence-corrected chi connectivity index (χ2v) is 6.51. The zero-order valence-electron chi connectivity index (χ0n) is 13.8. The highest BCUT2D eigenvalue weighted by molar-refractivity contribution is 7.09. The van der Waals surface area contributed by atoms with Crippen molar-refractivity contribution >= 4 is 17.2 Å². The van der Waals surface area contributed by atoms with Crippen LogP contribution in [-0.4, -0.2) is 27.6 Å². The molecule has 0 saturated carbocycles. The van der Waals surface area contributed by atoms with E-state index in [2.05, 4.69) is 20.4 Å². The number of hydrogen-bond acceptors (Lipinski definition) is 7. The number of carbonyl (C=O) groups is 1. The molecule has 2 aromatic heterocycles. The van der Waals surface area contributed by atoms with Crippen molar-refractivity contribution in [3.05, 3.63) is 63.7 Å². The lowest BCUT2D eigenvalue weighted by Crippen LogP contribution is -2.27. The van der Waals surface area contributed by atoms with Gasteiger partial charge in [0.15, 0.2) is 5.82 Å². The molecule has 0 fully saturated rings. The van der Waals surface area contributed by atoms with E-state index in [1.54, 1.807) is 12.3 Å². The van der Waals surface area contributed by atoms with E-state index in [9.17, 15) is 4.79 Å². The number of benzene rings is 1. The van der Waals surface area contributed by atoms with E-state index < -0.39 is 6.04 Å². The number of carbonyl (C=O) groups excluding carboxylic acids is 1. The van der Waals surface area contributed by atoms with Crippen molar-refractivity contribution < 1.29 is 9.32 Å². The predicted molar refractivity (Wildman–Crippen MR) is 94.3 cm³/mol. The average Bonchev–Trinajstić information content (AvgIpc) is 3.26. The summed E-state index contributed by atoms with van der Waals surface area (Å²) in [7, 11) is 0. The third-order valence-corrected chi connectivity index (χ3v) is 4.46. The molecule has 25 heavy (non-hydrogen) atoms. The van der Waals surface area contributed by atoms with Gasteiger partial charge >= 0.3 is 0 Å². The number of nitrogens with one attached hydrogen (secondary N) is 1. The van der Waals surface area contributed by atoms with Crippen LogP contribution in [0.25, 0.3) is 0 Å². The molecule has 0 radical (unpaired) electrons. The molecule has 1 unspecified atom stereocenters. The molecule has 1 aromatic carbocycles. The molecule has 1 amide bonds. The number of hydrogen-bond donors (Lipinski definition) is 2. The van der Waals surface area contributed by atoms with Crippen molar-refractivity contribution in [2.45, 2.75) is 25.8 Å². The quantitative estimate of drug-likeness (QED) is 0.671. The van der Waals surface area contributed by atoms with Gasteiger partial charge < -0.3 is 15.6 Å². The fraction of sp³-hybridized carbons (Fsp3) is 0.294. The second kappa shape index (κ2) is 8.00. The maximum absolute atomic E-state index is 12.3. The summed E-state index contributed by atoms with van der Waals surface area (Å²) in [6, 6.07) is 9.49. The van der Waals surface area contributed by atoms with E-state index in [-0.39, 0.29) is 5.91 Å². The molecule has 0 aliphatic rings. The maximum Gasteiger partial charge on any atom is 0.271 e. The van der Waals surface area contributed by atoms with Gasteiger partial charge in [0.05, 0.1) is 5.01 Å². The van der Waals surface area contributed by atoms with Gasteiger partial charge in [-0.3, -0.25) is 4.79 Å². The first-order valence-electron chi connectivity index (χ1n) is 7.97. The highest BCUT2D eigenvalue weighted by Crippen LogP contribution is 2.15. The number of amides is 1. The predicted octanol–water partition coefficient (Wildman–Crippen LogP) is 2.11. The van der Waals surface area contributed by atoms with Crippen LogP contribution in [0, 0.1) is 0 Å². The summed E-state index contributed by atoms with van der Waals surface area (Å²) < 4.78 is 5.27. The zero-order valence-corrected chi connectivity index (χ0v) is 14.6. The number of thiazole rings is 1. The first-order chi connectivity index (χ1) is 12.2. The van der Waals surface area contributed by atoms with Gasteiger partial charge in [-0.1, -0.05) is 35.5 Å². The summed E-state index contributed by atoms with van der Waals surface area (Å²) in [6.07, 6.45) is 1.25. The maximum atomic E-state index is 12.3. The topological polar surface area (TPSA) is 107 Å². The zero-order chi connectivity index (χ0) is 17.6. The van der Waals surface area contributed by atoms with Crippen LogP contribution in [0.5, 0.6) is 0 Å². The van der Waals surface area contributed by atoms with E-state index in [1.807, 2.05) is 30.3 Å². The van der Waals surface area contributed by atoms with E-state index in [4.69, 9.17) is 10.3 Å². The minimum Gasteiger partial charge on any atom is -0.339 e. The first kappa shape index (κ1) is 17.2. The standard InChI is InChI=1S/C17H19N5O2S/c1-11(19-16(23)13-10-25-15(20-13)7-8-18)17-21-14(22-24-17)9-12-5-3-2-4-6-12/h2-6,10-11H,7-9,18H2,1H3,(H,19,23). The first-order valence-corrected chi connectivity index (χ1v) is 8.85. The molecule has 3 rings (SSSR count). The minimum atomic E-state index is -0.399. The van der Waals surface area contributed by atoms with Crippen LogP contribution in [0.3, 0.4) is 0 Å². The van der Waals surface area contributed by atoms with Gasteiger partial charge in [-0.2, -0.15) is 4.98 Å². The molecule has 2 heterocycles. The van der Waals surface area contributed by atoms with E-state index >= 15 is 0 Å². The highest BCUT2D eigenvalue weighted by atomic mass is 32.1. The molecule has 0 aliphatic heterocycles. The third kappa shape index (κ3) is 4.49. The van der Waals surface area contributed by atoms with Crippen molar-refractivity contribution in [1.29, 1.82) is 0 Å².